The molecule has 3 rings (SSSR count). The molecule has 0 spiro atoms. The summed E-state index contributed by atoms with van der Waals surface area (Å²) in [6.45, 7) is 7.30. The maximum absolute atomic E-state index is 4.67. The van der Waals surface area contributed by atoms with Gasteiger partial charge in [0.05, 0.1) is 0 Å². The highest BCUT2D eigenvalue weighted by atomic mass is 15.3. The molecule has 0 atom stereocenters. The first-order chi connectivity index (χ1) is 10.7. The van der Waals surface area contributed by atoms with Crippen molar-refractivity contribution < 1.29 is 0 Å². The summed E-state index contributed by atoms with van der Waals surface area (Å²) in [6, 6.07) is 10.6. The van der Waals surface area contributed by atoms with Crippen molar-refractivity contribution in [2.45, 2.75) is 33.2 Å². The first-order valence-corrected chi connectivity index (χ1v) is 8.11. The van der Waals surface area contributed by atoms with Crippen molar-refractivity contribution in [2.24, 2.45) is 5.92 Å². The molecule has 1 aromatic heterocycles. The first-order valence-electron chi connectivity index (χ1n) is 8.11. The molecule has 0 aliphatic carbocycles. The van der Waals surface area contributed by atoms with Gasteiger partial charge in [-0.05, 0) is 36.0 Å². The van der Waals surface area contributed by atoms with Crippen molar-refractivity contribution >= 4 is 11.8 Å². The van der Waals surface area contributed by atoms with Crippen LogP contribution in [0, 0.1) is 5.92 Å². The Balaban J connectivity index is 1.68. The molecule has 4 heteroatoms. The van der Waals surface area contributed by atoms with Crippen molar-refractivity contribution in [2.75, 3.05) is 23.3 Å². The standard InChI is InChI=1S/C18H24N4/c1-14(2)7-10-19-17-8-11-20-18(21-17)22-12-9-15-5-3-4-6-16(15)13-22/h3-6,8,11,14H,7,9-10,12-13H2,1-2H3,(H,19,20,21). The predicted octanol–water partition coefficient (Wildman–Crippen LogP) is 3.50. The first kappa shape index (κ1) is 14.8. The molecule has 0 saturated carbocycles. The summed E-state index contributed by atoms with van der Waals surface area (Å²) < 4.78 is 0. The predicted molar refractivity (Wildman–Crippen MR) is 91.2 cm³/mol. The van der Waals surface area contributed by atoms with Gasteiger partial charge < -0.3 is 10.2 Å². The van der Waals surface area contributed by atoms with Crippen molar-refractivity contribution in [3.63, 3.8) is 0 Å². The van der Waals surface area contributed by atoms with E-state index in [0.29, 0.717) is 5.92 Å². The summed E-state index contributed by atoms with van der Waals surface area (Å²) in [7, 11) is 0. The number of aromatic nitrogens is 2. The van der Waals surface area contributed by atoms with E-state index in [1.165, 1.54) is 11.1 Å². The molecule has 22 heavy (non-hydrogen) atoms. The second-order valence-electron chi connectivity index (χ2n) is 6.29. The summed E-state index contributed by atoms with van der Waals surface area (Å²) in [5, 5.41) is 3.40. The molecule has 0 saturated heterocycles. The van der Waals surface area contributed by atoms with E-state index in [4.69, 9.17) is 0 Å². The lowest BCUT2D eigenvalue weighted by molar-refractivity contribution is 0.606. The summed E-state index contributed by atoms with van der Waals surface area (Å²) in [6.07, 6.45) is 4.06. The maximum atomic E-state index is 4.67. The monoisotopic (exact) mass is 296 g/mol. The number of hydrogen-bond acceptors (Lipinski definition) is 4. The molecule has 0 bridgehead atoms. The summed E-state index contributed by atoms with van der Waals surface area (Å²) in [5.74, 6) is 2.45. The maximum Gasteiger partial charge on any atom is 0.227 e. The second-order valence-corrected chi connectivity index (χ2v) is 6.29. The van der Waals surface area contributed by atoms with Gasteiger partial charge in [0.25, 0.3) is 0 Å². The quantitative estimate of drug-likeness (QED) is 0.917. The third-order valence-corrected chi connectivity index (χ3v) is 4.08. The Kier molecular flexibility index (Phi) is 4.56. The van der Waals surface area contributed by atoms with Crippen LogP contribution < -0.4 is 10.2 Å². The Morgan fingerprint density at radius 2 is 2.00 bits per heavy atom. The van der Waals surface area contributed by atoms with Crippen molar-refractivity contribution in [3.05, 3.63) is 47.7 Å². The van der Waals surface area contributed by atoms with Crippen LogP contribution in [-0.4, -0.2) is 23.1 Å². The molecule has 0 unspecified atom stereocenters. The Morgan fingerprint density at radius 3 is 2.82 bits per heavy atom. The van der Waals surface area contributed by atoms with Crippen LogP contribution in [0.5, 0.6) is 0 Å². The van der Waals surface area contributed by atoms with Gasteiger partial charge in [0.2, 0.25) is 5.95 Å². The van der Waals surface area contributed by atoms with Gasteiger partial charge in [0.1, 0.15) is 5.82 Å². The molecule has 0 radical (unpaired) electrons. The minimum atomic E-state index is 0.701. The van der Waals surface area contributed by atoms with Gasteiger partial charge >= 0.3 is 0 Å². The van der Waals surface area contributed by atoms with Gasteiger partial charge in [-0.15, -0.1) is 0 Å². The van der Waals surface area contributed by atoms with Crippen LogP contribution in [-0.2, 0) is 13.0 Å². The highest BCUT2D eigenvalue weighted by Crippen LogP contribution is 2.22. The highest BCUT2D eigenvalue weighted by molar-refractivity contribution is 5.44. The van der Waals surface area contributed by atoms with Gasteiger partial charge in [0, 0.05) is 25.8 Å². The molecule has 2 aromatic rings. The van der Waals surface area contributed by atoms with Crippen LogP contribution in [0.1, 0.15) is 31.4 Å². The zero-order chi connectivity index (χ0) is 15.4. The number of fused-ring (bicyclic) bond motifs is 1. The number of hydrogen-bond donors (Lipinski definition) is 1. The molecule has 2 heterocycles. The third kappa shape index (κ3) is 3.56. The van der Waals surface area contributed by atoms with E-state index in [1.807, 2.05) is 12.3 Å². The molecule has 0 fully saturated rings. The van der Waals surface area contributed by atoms with E-state index in [9.17, 15) is 0 Å². The molecule has 0 amide bonds. The fraction of sp³-hybridized carbons (Fsp3) is 0.444. The summed E-state index contributed by atoms with van der Waals surface area (Å²) in [5.41, 5.74) is 2.83. The van der Waals surface area contributed by atoms with Crippen LogP contribution >= 0.6 is 0 Å². The minimum Gasteiger partial charge on any atom is -0.370 e. The summed E-state index contributed by atoms with van der Waals surface area (Å²) >= 11 is 0. The molecule has 1 aromatic carbocycles. The third-order valence-electron chi connectivity index (χ3n) is 4.08. The Hall–Kier alpha value is -2.10. The lowest BCUT2D eigenvalue weighted by Gasteiger charge is -2.28. The molecule has 1 N–H and O–H groups in total. The van der Waals surface area contributed by atoms with Crippen molar-refractivity contribution in [1.29, 1.82) is 0 Å². The normalized spacial score (nSPS) is 14.0. The molecule has 116 valence electrons. The van der Waals surface area contributed by atoms with Crippen LogP contribution in [0.25, 0.3) is 0 Å². The molecular weight excluding hydrogens is 272 g/mol. The molecular formula is C18H24N4. The van der Waals surface area contributed by atoms with Gasteiger partial charge in [-0.3, -0.25) is 0 Å². The fourth-order valence-corrected chi connectivity index (χ4v) is 2.75. The van der Waals surface area contributed by atoms with E-state index < -0.39 is 0 Å². The number of nitrogens with one attached hydrogen (secondary N) is 1. The highest BCUT2D eigenvalue weighted by Gasteiger charge is 2.18. The number of benzene rings is 1. The number of rotatable bonds is 5. The Bertz CT molecular complexity index is 624. The fourth-order valence-electron chi connectivity index (χ4n) is 2.75. The average Bonchev–Trinajstić information content (AvgIpc) is 2.54. The smallest absolute Gasteiger partial charge is 0.227 e. The average molecular weight is 296 g/mol. The largest absolute Gasteiger partial charge is 0.370 e. The second kappa shape index (κ2) is 6.77. The van der Waals surface area contributed by atoms with Gasteiger partial charge in [0.15, 0.2) is 0 Å². The van der Waals surface area contributed by atoms with Crippen molar-refractivity contribution in [1.82, 2.24) is 9.97 Å². The van der Waals surface area contributed by atoms with Gasteiger partial charge in [-0.2, -0.15) is 4.98 Å². The number of nitrogens with zero attached hydrogens (tertiary/aromatic N) is 3. The van der Waals surface area contributed by atoms with Crippen LogP contribution in [0.2, 0.25) is 0 Å². The Labute approximate surface area is 132 Å². The van der Waals surface area contributed by atoms with Crippen LogP contribution in [0.4, 0.5) is 11.8 Å². The topological polar surface area (TPSA) is 41.1 Å². The lowest BCUT2D eigenvalue weighted by atomic mass is 10.0. The minimum absolute atomic E-state index is 0.701. The zero-order valence-electron chi connectivity index (χ0n) is 13.4. The van der Waals surface area contributed by atoms with Crippen molar-refractivity contribution in [3.8, 4) is 0 Å². The molecule has 1 aliphatic heterocycles. The van der Waals surface area contributed by atoms with E-state index in [-0.39, 0.29) is 0 Å². The molecule has 1 aliphatic rings. The van der Waals surface area contributed by atoms with E-state index >= 15 is 0 Å². The SMILES string of the molecule is CC(C)CCNc1ccnc(N2CCc3ccccc3C2)n1. The summed E-state index contributed by atoms with van der Waals surface area (Å²) in [4.78, 5) is 11.4. The van der Waals surface area contributed by atoms with Crippen LogP contribution in [0.3, 0.4) is 0 Å². The lowest BCUT2D eigenvalue weighted by Crippen LogP contribution is -2.31. The number of anilines is 2. The van der Waals surface area contributed by atoms with Gasteiger partial charge in [-0.25, -0.2) is 4.98 Å². The van der Waals surface area contributed by atoms with Gasteiger partial charge in [-0.1, -0.05) is 38.1 Å². The van der Waals surface area contributed by atoms with E-state index in [1.54, 1.807) is 0 Å². The van der Waals surface area contributed by atoms with Crippen LogP contribution in [0.15, 0.2) is 36.5 Å². The Morgan fingerprint density at radius 1 is 1.18 bits per heavy atom. The zero-order valence-corrected chi connectivity index (χ0v) is 13.4. The van der Waals surface area contributed by atoms with E-state index in [0.717, 1.165) is 44.2 Å². The van der Waals surface area contributed by atoms with E-state index in [2.05, 4.69) is 58.3 Å². The molecule has 4 nitrogen and oxygen atoms in total.